The van der Waals surface area contributed by atoms with Gasteiger partial charge in [-0.3, -0.25) is 0 Å². The number of hydrogen-bond donors (Lipinski definition) is 1. The molecule has 5 heteroatoms. The number of morpholine rings is 1. The van der Waals surface area contributed by atoms with Crippen molar-refractivity contribution in [2.75, 3.05) is 31.2 Å². The van der Waals surface area contributed by atoms with Crippen molar-refractivity contribution in [2.45, 2.75) is 0 Å². The Morgan fingerprint density at radius 2 is 2.00 bits per heavy atom. The van der Waals surface area contributed by atoms with Gasteiger partial charge in [0.1, 0.15) is 10.8 Å². The van der Waals surface area contributed by atoms with Gasteiger partial charge in [0.15, 0.2) is 0 Å². The van der Waals surface area contributed by atoms with Gasteiger partial charge >= 0.3 is 0 Å². The summed E-state index contributed by atoms with van der Waals surface area (Å²) in [6.07, 6.45) is 0. The lowest BCUT2D eigenvalue weighted by molar-refractivity contribution is 0.122. The molecule has 0 radical (unpaired) electrons. The molecule has 2 N–H and O–H groups in total. The molecule has 1 saturated heterocycles. The van der Waals surface area contributed by atoms with Crippen LogP contribution in [0.15, 0.2) is 30.3 Å². The van der Waals surface area contributed by atoms with E-state index in [4.69, 9.17) is 27.7 Å². The first-order chi connectivity index (χ1) is 9.25. The monoisotopic (exact) mass is 273 g/mol. The minimum absolute atomic E-state index is 0.389. The van der Waals surface area contributed by atoms with E-state index < -0.39 is 0 Å². The van der Waals surface area contributed by atoms with Crippen molar-refractivity contribution in [3.63, 3.8) is 0 Å². The second-order valence-electron chi connectivity index (χ2n) is 4.52. The van der Waals surface area contributed by atoms with Crippen LogP contribution in [0, 0.1) is 0 Å². The van der Waals surface area contributed by atoms with Gasteiger partial charge in [-0.05, 0) is 12.1 Å². The standard InChI is InChI=1S/C14H15N3OS/c15-13(19)11-9-10-3-1-2-4-12(10)16-14(11)17-5-7-18-8-6-17/h1-4,9H,5-8H2,(H2,15,19). The highest BCUT2D eigenvalue weighted by Crippen LogP contribution is 2.24. The van der Waals surface area contributed by atoms with Crippen LogP contribution in [0.1, 0.15) is 5.56 Å². The number of ether oxygens (including phenoxy) is 1. The van der Waals surface area contributed by atoms with Gasteiger partial charge in [-0.2, -0.15) is 0 Å². The topological polar surface area (TPSA) is 51.4 Å². The summed E-state index contributed by atoms with van der Waals surface area (Å²) in [6, 6.07) is 10.0. The molecule has 0 bridgehead atoms. The van der Waals surface area contributed by atoms with Crippen LogP contribution in [0.4, 0.5) is 5.82 Å². The van der Waals surface area contributed by atoms with E-state index in [1.54, 1.807) is 0 Å². The predicted octanol–water partition coefficient (Wildman–Crippen LogP) is 1.71. The Kier molecular flexibility index (Phi) is 3.31. The molecule has 4 nitrogen and oxygen atoms in total. The third-order valence-electron chi connectivity index (χ3n) is 3.28. The van der Waals surface area contributed by atoms with E-state index in [1.165, 1.54) is 0 Å². The van der Waals surface area contributed by atoms with Crippen LogP contribution in [-0.4, -0.2) is 36.3 Å². The number of aromatic nitrogens is 1. The zero-order chi connectivity index (χ0) is 13.2. The SMILES string of the molecule is NC(=S)c1cc2ccccc2nc1N1CCOCC1. The zero-order valence-corrected chi connectivity index (χ0v) is 11.3. The number of nitrogens with zero attached hydrogens (tertiary/aromatic N) is 2. The molecule has 98 valence electrons. The number of para-hydroxylation sites is 1. The highest BCUT2D eigenvalue weighted by Gasteiger charge is 2.18. The summed E-state index contributed by atoms with van der Waals surface area (Å²) in [5.74, 6) is 0.870. The summed E-state index contributed by atoms with van der Waals surface area (Å²) < 4.78 is 5.38. The molecule has 0 amide bonds. The Labute approximate surface area is 117 Å². The van der Waals surface area contributed by atoms with Gasteiger partial charge in [-0.1, -0.05) is 30.4 Å². The van der Waals surface area contributed by atoms with Crippen LogP contribution in [-0.2, 0) is 4.74 Å². The molecule has 1 aliphatic rings. The Morgan fingerprint density at radius 3 is 2.74 bits per heavy atom. The highest BCUT2D eigenvalue weighted by molar-refractivity contribution is 7.80. The molecule has 0 saturated carbocycles. The molecule has 0 aliphatic carbocycles. The van der Waals surface area contributed by atoms with Crippen molar-refractivity contribution in [3.8, 4) is 0 Å². The molecule has 1 fully saturated rings. The predicted molar refractivity (Wildman–Crippen MR) is 80.7 cm³/mol. The van der Waals surface area contributed by atoms with Gasteiger partial charge in [-0.25, -0.2) is 4.98 Å². The Balaban J connectivity index is 2.14. The van der Waals surface area contributed by atoms with Gasteiger partial charge < -0.3 is 15.4 Å². The summed E-state index contributed by atoms with van der Waals surface area (Å²) in [7, 11) is 0. The maximum Gasteiger partial charge on any atom is 0.139 e. The molecule has 1 aliphatic heterocycles. The second kappa shape index (κ2) is 5.11. The minimum atomic E-state index is 0.389. The molecule has 0 unspecified atom stereocenters. The van der Waals surface area contributed by atoms with E-state index in [2.05, 4.69) is 4.90 Å². The normalized spacial score (nSPS) is 15.7. The van der Waals surface area contributed by atoms with E-state index in [1.807, 2.05) is 30.3 Å². The van der Waals surface area contributed by atoms with E-state index in [0.717, 1.165) is 35.4 Å². The molecule has 19 heavy (non-hydrogen) atoms. The van der Waals surface area contributed by atoms with Crippen molar-refractivity contribution in [3.05, 3.63) is 35.9 Å². The Bertz CT molecular complexity index is 623. The molecule has 2 heterocycles. The van der Waals surface area contributed by atoms with Crippen LogP contribution < -0.4 is 10.6 Å². The van der Waals surface area contributed by atoms with Crippen molar-refractivity contribution < 1.29 is 4.74 Å². The van der Waals surface area contributed by atoms with Crippen LogP contribution in [0.3, 0.4) is 0 Å². The van der Waals surface area contributed by atoms with Crippen LogP contribution in [0.5, 0.6) is 0 Å². The van der Waals surface area contributed by atoms with E-state index >= 15 is 0 Å². The molecule has 3 rings (SSSR count). The van der Waals surface area contributed by atoms with Crippen LogP contribution >= 0.6 is 12.2 Å². The lowest BCUT2D eigenvalue weighted by atomic mass is 10.1. The molecule has 0 atom stereocenters. The minimum Gasteiger partial charge on any atom is -0.389 e. The van der Waals surface area contributed by atoms with Crippen molar-refractivity contribution in [1.82, 2.24) is 4.98 Å². The lowest BCUT2D eigenvalue weighted by Crippen LogP contribution is -2.38. The average Bonchev–Trinajstić information content (AvgIpc) is 2.46. The van der Waals surface area contributed by atoms with E-state index in [-0.39, 0.29) is 0 Å². The number of fused-ring (bicyclic) bond motifs is 1. The van der Waals surface area contributed by atoms with Gasteiger partial charge in [0.25, 0.3) is 0 Å². The fraction of sp³-hybridized carbons (Fsp3) is 0.286. The first kappa shape index (κ1) is 12.3. The largest absolute Gasteiger partial charge is 0.389 e. The fourth-order valence-electron chi connectivity index (χ4n) is 2.30. The quantitative estimate of drug-likeness (QED) is 0.844. The smallest absolute Gasteiger partial charge is 0.139 e. The molecule has 0 spiro atoms. The molecule has 1 aromatic heterocycles. The van der Waals surface area contributed by atoms with Gasteiger partial charge in [0.2, 0.25) is 0 Å². The van der Waals surface area contributed by atoms with Crippen LogP contribution in [0.2, 0.25) is 0 Å². The molecular formula is C14H15N3OS. The number of nitrogens with two attached hydrogens (primary N) is 1. The maximum absolute atomic E-state index is 5.85. The van der Waals surface area contributed by atoms with E-state index in [0.29, 0.717) is 18.2 Å². The molecule has 2 aromatic rings. The first-order valence-corrected chi connectivity index (χ1v) is 6.69. The maximum atomic E-state index is 5.85. The highest BCUT2D eigenvalue weighted by atomic mass is 32.1. The third-order valence-corrected chi connectivity index (χ3v) is 3.50. The van der Waals surface area contributed by atoms with Crippen molar-refractivity contribution in [2.24, 2.45) is 5.73 Å². The third kappa shape index (κ3) is 2.39. The van der Waals surface area contributed by atoms with Crippen molar-refractivity contribution in [1.29, 1.82) is 0 Å². The molecular weight excluding hydrogens is 258 g/mol. The zero-order valence-electron chi connectivity index (χ0n) is 10.5. The van der Waals surface area contributed by atoms with Crippen molar-refractivity contribution >= 4 is 33.9 Å². The van der Waals surface area contributed by atoms with Gasteiger partial charge in [-0.15, -0.1) is 0 Å². The summed E-state index contributed by atoms with van der Waals surface area (Å²) in [5.41, 5.74) is 7.65. The summed E-state index contributed by atoms with van der Waals surface area (Å²) in [6.45, 7) is 3.07. The number of rotatable bonds is 2. The number of pyridine rings is 1. The van der Waals surface area contributed by atoms with Gasteiger partial charge in [0, 0.05) is 18.5 Å². The Morgan fingerprint density at radius 1 is 1.26 bits per heavy atom. The Hall–Kier alpha value is -1.72. The molecule has 1 aromatic carbocycles. The van der Waals surface area contributed by atoms with Crippen LogP contribution in [0.25, 0.3) is 10.9 Å². The number of thiocarbonyl (C=S) groups is 1. The summed E-state index contributed by atoms with van der Waals surface area (Å²) in [5, 5.41) is 1.06. The summed E-state index contributed by atoms with van der Waals surface area (Å²) >= 11 is 5.16. The fourth-order valence-corrected chi connectivity index (χ4v) is 2.45. The number of benzene rings is 1. The van der Waals surface area contributed by atoms with Gasteiger partial charge in [0.05, 0.1) is 24.3 Å². The number of hydrogen-bond acceptors (Lipinski definition) is 4. The summed E-state index contributed by atoms with van der Waals surface area (Å²) in [4.78, 5) is 7.30. The number of anilines is 1. The van der Waals surface area contributed by atoms with E-state index in [9.17, 15) is 0 Å². The lowest BCUT2D eigenvalue weighted by Gasteiger charge is -2.29. The average molecular weight is 273 g/mol. The second-order valence-corrected chi connectivity index (χ2v) is 4.96. The first-order valence-electron chi connectivity index (χ1n) is 6.28.